The molecule has 1 aromatic carbocycles. The lowest BCUT2D eigenvalue weighted by Crippen LogP contribution is -2.16. The van der Waals surface area contributed by atoms with Crippen molar-refractivity contribution in [3.8, 4) is 5.75 Å². The third kappa shape index (κ3) is 1.66. The third-order valence-corrected chi connectivity index (χ3v) is 2.93. The Hall–Kier alpha value is -2.23. The number of methoxy groups -OCH3 is 1. The molecule has 0 saturated carbocycles. The molecule has 0 unspecified atom stereocenters. The molecule has 0 heterocycles. The average Bonchev–Trinajstić information content (AvgIpc) is 2.32. The number of benzene rings is 1. The molecule has 0 N–H and O–H groups in total. The topological polar surface area (TPSA) is 60.4 Å². The molecule has 0 amide bonds. The molecule has 0 aromatic heterocycles. The highest BCUT2D eigenvalue weighted by Gasteiger charge is 2.28. The summed E-state index contributed by atoms with van der Waals surface area (Å²) in [5.41, 5.74) is 1.46. The molecular formula is C14H12O4. The lowest BCUT2D eigenvalue weighted by molar-refractivity contribution is 0.0987. The zero-order valence-electron chi connectivity index (χ0n) is 10.4. The first-order valence-corrected chi connectivity index (χ1v) is 5.46. The van der Waals surface area contributed by atoms with Crippen LogP contribution in [0.4, 0.5) is 0 Å². The second-order valence-electron chi connectivity index (χ2n) is 4.14. The second-order valence-corrected chi connectivity index (χ2v) is 4.14. The van der Waals surface area contributed by atoms with Crippen LogP contribution >= 0.6 is 0 Å². The van der Waals surface area contributed by atoms with Gasteiger partial charge in [0.15, 0.2) is 17.3 Å². The normalized spacial score (nSPS) is 13.5. The van der Waals surface area contributed by atoms with E-state index >= 15 is 0 Å². The zero-order valence-corrected chi connectivity index (χ0v) is 10.4. The molecule has 0 saturated heterocycles. The number of rotatable bonds is 2. The Labute approximate surface area is 104 Å². The highest BCUT2D eigenvalue weighted by molar-refractivity contribution is 6.24. The molecule has 4 nitrogen and oxygen atoms in total. The van der Waals surface area contributed by atoms with E-state index in [-0.39, 0.29) is 28.7 Å². The smallest absolute Gasteiger partial charge is 0.190 e. The minimum Gasteiger partial charge on any atom is -0.495 e. The van der Waals surface area contributed by atoms with Gasteiger partial charge >= 0.3 is 0 Å². The lowest BCUT2D eigenvalue weighted by atomic mass is 9.88. The summed E-state index contributed by atoms with van der Waals surface area (Å²) < 4.78 is 5.18. The van der Waals surface area contributed by atoms with Crippen molar-refractivity contribution in [3.05, 3.63) is 40.5 Å². The van der Waals surface area contributed by atoms with Crippen LogP contribution in [0.5, 0.6) is 5.75 Å². The van der Waals surface area contributed by atoms with Crippen molar-refractivity contribution in [1.29, 1.82) is 0 Å². The van der Waals surface area contributed by atoms with Gasteiger partial charge in [-0.1, -0.05) is 0 Å². The zero-order chi connectivity index (χ0) is 13.4. The van der Waals surface area contributed by atoms with Crippen LogP contribution in [0.2, 0.25) is 0 Å². The predicted molar refractivity (Wildman–Crippen MR) is 65.5 cm³/mol. The monoisotopic (exact) mass is 244 g/mol. The number of carbonyl (C=O) groups is 3. The number of fused-ring (bicyclic) bond motifs is 1. The first-order chi connectivity index (χ1) is 8.47. The average molecular weight is 244 g/mol. The lowest BCUT2D eigenvalue weighted by Gasteiger charge is -2.17. The van der Waals surface area contributed by atoms with Gasteiger partial charge in [-0.15, -0.1) is 0 Å². The Balaban J connectivity index is 2.87. The van der Waals surface area contributed by atoms with Crippen LogP contribution in [0.25, 0.3) is 0 Å². The van der Waals surface area contributed by atoms with Crippen molar-refractivity contribution in [1.82, 2.24) is 0 Å². The molecule has 92 valence electrons. The van der Waals surface area contributed by atoms with Gasteiger partial charge in [-0.05, 0) is 37.6 Å². The maximum absolute atomic E-state index is 11.9. The molecule has 0 aliphatic heterocycles. The van der Waals surface area contributed by atoms with Crippen LogP contribution in [0.3, 0.4) is 0 Å². The van der Waals surface area contributed by atoms with Crippen LogP contribution in [-0.4, -0.2) is 24.5 Å². The molecule has 0 spiro atoms. The number of ketones is 3. The summed E-state index contributed by atoms with van der Waals surface area (Å²) in [6.45, 7) is 3.12. The number of Topliss-reactive ketones (excluding diaryl/α,β-unsaturated/α-hetero) is 1. The molecule has 0 bridgehead atoms. The summed E-state index contributed by atoms with van der Waals surface area (Å²) >= 11 is 0. The fourth-order valence-corrected chi connectivity index (χ4v) is 2.19. The van der Waals surface area contributed by atoms with Crippen molar-refractivity contribution in [3.63, 3.8) is 0 Å². The third-order valence-electron chi connectivity index (χ3n) is 2.93. The van der Waals surface area contributed by atoms with Crippen LogP contribution in [0, 0.1) is 6.92 Å². The molecule has 1 aliphatic rings. The first kappa shape index (κ1) is 12.2. The highest BCUT2D eigenvalue weighted by Crippen LogP contribution is 2.33. The Morgan fingerprint density at radius 3 is 2.33 bits per heavy atom. The second kappa shape index (κ2) is 4.22. The minimum absolute atomic E-state index is 0.181. The summed E-state index contributed by atoms with van der Waals surface area (Å²) in [4.78, 5) is 35.2. The molecule has 0 radical (unpaired) electrons. The Kier molecular flexibility index (Phi) is 2.87. The van der Waals surface area contributed by atoms with E-state index in [0.29, 0.717) is 16.7 Å². The Bertz CT molecular complexity index is 609. The van der Waals surface area contributed by atoms with Gasteiger partial charge in [0.25, 0.3) is 0 Å². The minimum atomic E-state index is -0.316. The number of aryl methyl sites for hydroxylation is 1. The molecule has 4 heteroatoms. The molecule has 0 atom stereocenters. The maximum Gasteiger partial charge on any atom is 0.190 e. The number of carbonyl (C=O) groups excluding carboxylic acids is 3. The van der Waals surface area contributed by atoms with E-state index in [0.717, 1.165) is 0 Å². The van der Waals surface area contributed by atoms with Gasteiger partial charge in [-0.25, -0.2) is 0 Å². The standard InChI is InChI=1S/C14H12O4/c1-7-6-9-10(16)4-5-11(17)13(9)14(18-3)12(7)8(2)15/h4-6H,1-3H3. The molecule has 1 aromatic rings. The van der Waals surface area contributed by atoms with E-state index in [1.165, 1.54) is 26.2 Å². The van der Waals surface area contributed by atoms with Crippen LogP contribution in [0.1, 0.15) is 43.6 Å². The van der Waals surface area contributed by atoms with Gasteiger partial charge in [0.05, 0.1) is 18.2 Å². The SMILES string of the molecule is COc1c(C(C)=O)c(C)cc2c1C(=O)C=CC2=O. The number of hydrogen-bond donors (Lipinski definition) is 0. The van der Waals surface area contributed by atoms with E-state index in [2.05, 4.69) is 0 Å². The van der Waals surface area contributed by atoms with Crippen molar-refractivity contribution in [2.24, 2.45) is 0 Å². The Morgan fingerprint density at radius 2 is 1.78 bits per heavy atom. The molecule has 18 heavy (non-hydrogen) atoms. The molecule has 0 fully saturated rings. The van der Waals surface area contributed by atoms with Crippen LogP contribution < -0.4 is 4.74 Å². The number of ether oxygens (including phenoxy) is 1. The van der Waals surface area contributed by atoms with E-state index in [9.17, 15) is 14.4 Å². The molecule has 1 aliphatic carbocycles. The van der Waals surface area contributed by atoms with Gasteiger partial charge < -0.3 is 4.74 Å². The largest absolute Gasteiger partial charge is 0.495 e. The van der Waals surface area contributed by atoms with Crippen molar-refractivity contribution in [2.45, 2.75) is 13.8 Å². The molecule has 2 rings (SSSR count). The van der Waals surface area contributed by atoms with Gasteiger partial charge in [0.2, 0.25) is 0 Å². The van der Waals surface area contributed by atoms with Crippen molar-refractivity contribution >= 4 is 17.3 Å². The Morgan fingerprint density at radius 1 is 1.17 bits per heavy atom. The van der Waals surface area contributed by atoms with Crippen LogP contribution in [0.15, 0.2) is 18.2 Å². The number of hydrogen-bond acceptors (Lipinski definition) is 4. The van der Waals surface area contributed by atoms with Gasteiger partial charge in [0, 0.05) is 5.56 Å². The fourth-order valence-electron chi connectivity index (χ4n) is 2.19. The quantitative estimate of drug-likeness (QED) is 0.748. The maximum atomic E-state index is 11.9. The molecular weight excluding hydrogens is 232 g/mol. The highest BCUT2D eigenvalue weighted by atomic mass is 16.5. The predicted octanol–water partition coefficient (Wildman–Crippen LogP) is 2.14. The van der Waals surface area contributed by atoms with Gasteiger partial charge in [0.1, 0.15) is 5.75 Å². The van der Waals surface area contributed by atoms with Gasteiger partial charge in [-0.3, -0.25) is 14.4 Å². The summed E-state index contributed by atoms with van der Waals surface area (Å²) in [7, 11) is 1.39. The van der Waals surface area contributed by atoms with Crippen molar-refractivity contribution in [2.75, 3.05) is 7.11 Å². The van der Waals surface area contributed by atoms with Crippen LogP contribution in [-0.2, 0) is 0 Å². The summed E-state index contributed by atoms with van der Waals surface area (Å²) in [5.74, 6) is -0.563. The summed E-state index contributed by atoms with van der Waals surface area (Å²) in [6.07, 6.45) is 2.43. The van der Waals surface area contributed by atoms with Gasteiger partial charge in [-0.2, -0.15) is 0 Å². The summed E-state index contributed by atoms with van der Waals surface area (Å²) in [5, 5.41) is 0. The van der Waals surface area contributed by atoms with E-state index in [4.69, 9.17) is 4.74 Å². The van der Waals surface area contributed by atoms with E-state index in [1.54, 1.807) is 13.0 Å². The first-order valence-electron chi connectivity index (χ1n) is 5.46. The van der Waals surface area contributed by atoms with E-state index < -0.39 is 0 Å². The van der Waals surface area contributed by atoms with E-state index in [1.807, 2.05) is 0 Å². The summed E-state index contributed by atoms with van der Waals surface area (Å²) in [6, 6.07) is 1.57. The van der Waals surface area contributed by atoms with Crippen molar-refractivity contribution < 1.29 is 19.1 Å². The fraction of sp³-hybridized carbons (Fsp3) is 0.214. The number of allylic oxidation sites excluding steroid dienone is 2.